The van der Waals surface area contributed by atoms with Crippen LogP contribution in [0.5, 0.6) is 0 Å². The standard InChI is InChI=1S/C16H21Cl2N3O2.ClH/c1-19-5-7-20(2)16(23)14-4-3-6-21(14)15(22)11-8-12(17)10-13(18)9-11;/h8-10,14,19H,3-7H2,1-2H3;1H. The lowest BCUT2D eigenvalue weighted by Gasteiger charge is -2.28. The molecule has 1 aliphatic rings. The number of carbonyl (C=O) groups is 2. The van der Waals surface area contributed by atoms with Gasteiger partial charge in [0.05, 0.1) is 0 Å². The van der Waals surface area contributed by atoms with Crippen LogP contribution in [0.2, 0.25) is 10.0 Å². The van der Waals surface area contributed by atoms with Crippen LogP contribution in [0.25, 0.3) is 0 Å². The monoisotopic (exact) mass is 393 g/mol. The molecule has 1 aromatic rings. The van der Waals surface area contributed by atoms with E-state index in [0.29, 0.717) is 41.7 Å². The molecular formula is C16H22Cl3N3O2. The van der Waals surface area contributed by atoms with Crippen molar-refractivity contribution in [3.63, 3.8) is 0 Å². The summed E-state index contributed by atoms with van der Waals surface area (Å²) in [4.78, 5) is 28.6. The minimum atomic E-state index is -0.415. The number of hydrogen-bond donors (Lipinski definition) is 1. The van der Waals surface area contributed by atoms with Crippen molar-refractivity contribution in [1.29, 1.82) is 0 Å². The smallest absolute Gasteiger partial charge is 0.254 e. The second-order valence-electron chi connectivity index (χ2n) is 5.68. The summed E-state index contributed by atoms with van der Waals surface area (Å²) in [6, 6.07) is 4.33. The van der Waals surface area contributed by atoms with E-state index < -0.39 is 6.04 Å². The SMILES string of the molecule is CNCCN(C)C(=O)C1CCCN1C(=O)c1cc(Cl)cc(Cl)c1.Cl. The summed E-state index contributed by atoms with van der Waals surface area (Å²) in [5.41, 5.74) is 0.417. The lowest BCUT2D eigenvalue weighted by Crippen LogP contribution is -2.47. The number of likely N-dealkylation sites (tertiary alicyclic amines) is 1. The fraction of sp³-hybridized carbons (Fsp3) is 0.500. The Bertz CT molecular complexity index is 578. The first-order valence-electron chi connectivity index (χ1n) is 7.60. The van der Waals surface area contributed by atoms with Gasteiger partial charge < -0.3 is 15.1 Å². The van der Waals surface area contributed by atoms with E-state index in [4.69, 9.17) is 23.2 Å². The van der Waals surface area contributed by atoms with Crippen molar-refractivity contribution in [2.24, 2.45) is 0 Å². The summed E-state index contributed by atoms with van der Waals surface area (Å²) in [6.07, 6.45) is 1.50. The van der Waals surface area contributed by atoms with Crippen LogP contribution in [0.3, 0.4) is 0 Å². The Morgan fingerprint density at radius 3 is 2.50 bits per heavy atom. The molecule has 1 heterocycles. The first-order valence-corrected chi connectivity index (χ1v) is 8.36. The van der Waals surface area contributed by atoms with Gasteiger partial charge in [-0.15, -0.1) is 12.4 Å². The molecule has 1 aliphatic heterocycles. The van der Waals surface area contributed by atoms with Gasteiger partial charge in [0.2, 0.25) is 5.91 Å². The van der Waals surface area contributed by atoms with E-state index in [2.05, 4.69) is 5.32 Å². The van der Waals surface area contributed by atoms with E-state index in [0.717, 1.165) is 6.42 Å². The highest BCUT2D eigenvalue weighted by atomic mass is 35.5. The van der Waals surface area contributed by atoms with E-state index >= 15 is 0 Å². The average molecular weight is 395 g/mol. The van der Waals surface area contributed by atoms with Crippen molar-refractivity contribution in [1.82, 2.24) is 15.1 Å². The first kappa shape index (κ1) is 21.0. The van der Waals surface area contributed by atoms with E-state index in [9.17, 15) is 9.59 Å². The minimum absolute atomic E-state index is 0. The molecule has 1 saturated heterocycles. The van der Waals surface area contributed by atoms with Gasteiger partial charge in [0.25, 0.3) is 5.91 Å². The normalized spacial score (nSPS) is 16.7. The number of hydrogen-bond acceptors (Lipinski definition) is 3. The summed E-state index contributed by atoms with van der Waals surface area (Å²) in [5.74, 6) is -0.230. The topological polar surface area (TPSA) is 52.7 Å². The van der Waals surface area contributed by atoms with E-state index in [1.54, 1.807) is 35.0 Å². The number of nitrogens with one attached hydrogen (secondary N) is 1. The van der Waals surface area contributed by atoms with Crippen LogP contribution in [0.15, 0.2) is 18.2 Å². The summed E-state index contributed by atoms with van der Waals surface area (Å²) < 4.78 is 0. The maximum Gasteiger partial charge on any atom is 0.254 e. The number of benzene rings is 1. The van der Waals surface area contributed by atoms with Crippen molar-refractivity contribution >= 4 is 47.4 Å². The Morgan fingerprint density at radius 1 is 1.29 bits per heavy atom. The molecule has 1 atom stereocenters. The van der Waals surface area contributed by atoms with E-state index in [1.165, 1.54) is 0 Å². The number of carbonyl (C=O) groups excluding carboxylic acids is 2. The highest BCUT2D eigenvalue weighted by Gasteiger charge is 2.36. The Hall–Kier alpha value is -1.01. The molecule has 134 valence electrons. The number of likely N-dealkylation sites (N-methyl/N-ethyl adjacent to an activating group) is 2. The molecule has 0 bridgehead atoms. The highest BCUT2D eigenvalue weighted by molar-refractivity contribution is 6.35. The summed E-state index contributed by atoms with van der Waals surface area (Å²) in [5, 5.41) is 3.83. The molecular weight excluding hydrogens is 373 g/mol. The Labute approximate surface area is 158 Å². The van der Waals surface area contributed by atoms with Crippen LogP contribution < -0.4 is 5.32 Å². The lowest BCUT2D eigenvalue weighted by molar-refractivity contribution is -0.133. The molecule has 5 nitrogen and oxygen atoms in total. The van der Waals surface area contributed by atoms with Gasteiger partial charge in [-0.05, 0) is 38.1 Å². The zero-order valence-electron chi connectivity index (χ0n) is 13.7. The van der Waals surface area contributed by atoms with E-state index in [1.807, 2.05) is 7.05 Å². The van der Waals surface area contributed by atoms with Crippen LogP contribution >= 0.6 is 35.6 Å². The largest absolute Gasteiger partial charge is 0.343 e. The molecule has 0 saturated carbocycles. The maximum atomic E-state index is 12.7. The van der Waals surface area contributed by atoms with Gasteiger partial charge in [0, 0.05) is 42.3 Å². The van der Waals surface area contributed by atoms with Crippen molar-refractivity contribution in [3.05, 3.63) is 33.8 Å². The highest BCUT2D eigenvalue weighted by Crippen LogP contribution is 2.25. The zero-order valence-corrected chi connectivity index (χ0v) is 16.0. The Kier molecular flexibility index (Phi) is 8.30. The Balaban J connectivity index is 0.00000288. The van der Waals surface area contributed by atoms with Gasteiger partial charge in [0.1, 0.15) is 6.04 Å². The Morgan fingerprint density at radius 2 is 1.92 bits per heavy atom. The molecule has 1 unspecified atom stereocenters. The van der Waals surface area contributed by atoms with Crippen LogP contribution in [0.4, 0.5) is 0 Å². The quantitative estimate of drug-likeness (QED) is 0.835. The summed E-state index contributed by atoms with van der Waals surface area (Å²) >= 11 is 11.9. The molecule has 2 rings (SSSR count). The average Bonchev–Trinajstić information content (AvgIpc) is 2.99. The second-order valence-corrected chi connectivity index (χ2v) is 6.55. The molecule has 1 aromatic carbocycles. The molecule has 0 aromatic heterocycles. The van der Waals surface area contributed by atoms with Crippen molar-refractivity contribution in [3.8, 4) is 0 Å². The van der Waals surface area contributed by atoms with Crippen LogP contribution in [0.1, 0.15) is 23.2 Å². The molecule has 1 N–H and O–H groups in total. The maximum absolute atomic E-state index is 12.7. The number of nitrogens with zero attached hydrogens (tertiary/aromatic N) is 2. The molecule has 0 radical (unpaired) electrons. The number of halogens is 3. The molecule has 0 aliphatic carbocycles. The number of amides is 2. The summed E-state index contributed by atoms with van der Waals surface area (Å²) in [7, 11) is 3.60. The lowest BCUT2D eigenvalue weighted by atomic mass is 10.1. The fourth-order valence-electron chi connectivity index (χ4n) is 2.75. The van der Waals surface area contributed by atoms with Gasteiger partial charge in [-0.3, -0.25) is 9.59 Å². The van der Waals surface area contributed by atoms with Gasteiger partial charge >= 0.3 is 0 Å². The third kappa shape index (κ3) is 4.99. The third-order valence-electron chi connectivity index (χ3n) is 3.98. The van der Waals surface area contributed by atoms with Crippen LogP contribution in [-0.2, 0) is 4.79 Å². The molecule has 1 fully saturated rings. The zero-order chi connectivity index (χ0) is 17.0. The van der Waals surface area contributed by atoms with Crippen molar-refractivity contribution < 1.29 is 9.59 Å². The first-order chi connectivity index (χ1) is 10.9. The van der Waals surface area contributed by atoms with Gasteiger partial charge in [-0.25, -0.2) is 0 Å². The van der Waals surface area contributed by atoms with Gasteiger partial charge in [-0.2, -0.15) is 0 Å². The second kappa shape index (κ2) is 9.47. The van der Waals surface area contributed by atoms with Crippen LogP contribution in [-0.4, -0.2) is 61.4 Å². The predicted molar refractivity (Wildman–Crippen MR) is 99.3 cm³/mol. The fourth-order valence-corrected chi connectivity index (χ4v) is 3.28. The van der Waals surface area contributed by atoms with E-state index in [-0.39, 0.29) is 24.2 Å². The van der Waals surface area contributed by atoms with Crippen LogP contribution in [0, 0.1) is 0 Å². The van der Waals surface area contributed by atoms with Gasteiger partial charge in [0.15, 0.2) is 0 Å². The molecule has 0 spiro atoms. The molecule has 24 heavy (non-hydrogen) atoms. The molecule has 8 heteroatoms. The number of rotatable bonds is 5. The minimum Gasteiger partial charge on any atom is -0.343 e. The predicted octanol–water partition coefficient (Wildman–Crippen LogP) is 2.70. The van der Waals surface area contributed by atoms with Crippen molar-refractivity contribution in [2.75, 3.05) is 33.7 Å². The third-order valence-corrected chi connectivity index (χ3v) is 4.42. The van der Waals surface area contributed by atoms with Crippen molar-refractivity contribution in [2.45, 2.75) is 18.9 Å². The molecule has 2 amide bonds. The van der Waals surface area contributed by atoms with Gasteiger partial charge in [-0.1, -0.05) is 23.2 Å². The summed E-state index contributed by atoms with van der Waals surface area (Å²) in [6.45, 7) is 1.89.